The van der Waals surface area contributed by atoms with Crippen LogP contribution in [0.1, 0.15) is 11.7 Å². The topological polar surface area (TPSA) is 77.8 Å². The highest BCUT2D eigenvalue weighted by molar-refractivity contribution is 7.98. The summed E-state index contributed by atoms with van der Waals surface area (Å²) in [6.45, 7) is 0. The van der Waals surface area contributed by atoms with E-state index in [9.17, 15) is 9.90 Å². The molecular weight excluding hydrogens is 204 g/mol. The molecule has 3 N–H and O–H groups in total. The standard InChI is InChI=1S/C9H10O4S/c1-14-7-3-2-5(4-6(7)10)8(11)9(12)13/h2-4,8,10-11H,1H3,(H,12,13). The van der Waals surface area contributed by atoms with Crippen LogP contribution in [0.5, 0.6) is 5.75 Å². The van der Waals surface area contributed by atoms with Crippen molar-refractivity contribution in [2.45, 2.75) is 11.0 Å². The number of hydrogen-bond acceptors (Lipinski definition) is 4. The number of phenolic OH excluding ortho intramolecular Hbond substituents is 1. The zero-order chi connectivity index (χ0) is 10.7. The van der Waals surface area contributed by atoms with E-state index in [1.165, 1.54) is 23.9 Å². The first-order valence-electron chi connectivity index (χ1n) is 3.84. The number of hydrogen-bond donors (Lipinski definition) is 3. The molecule has 0 heterocycles. The Labute approximate surface area is 85.2 Å². The van der Waals surface area contributed by atoms with E-state index in [1.54, 1.807) is 12.3 Å². The number of aromatic hydroxyl groups is 1. The second kappa shape index (κ2) is 4.34. The molecule has 0 bridgehead atoms. The van der Waals surface area contributed by atoms with Gasteiger partial charge in [-0.15, -0.1) is 11.8 Å². The van der Waals surface area contributed by atoms with Crippen LogP contribution in [0.4, 0.5) is 0 Å². The second-order valence-electron chi connectivity index (χ2n) is 2.67. The van der Waals surface area contributed by atoms with E-state index >= 15 is 0 Å². The van der Waals surface area contributed by atoms with Gasteiger partial charge in [-0.25, -0.2) is 4.79 Å². The Bertz CT molecular complexity index is 351. The number of carbonyl (C=O) groups is 1. The highest BCUT2D eigenvalue weighted by Crippen LogP contribution is 2.29. The highest BCUT2D eigenvalue weighted by Gasteiger charge is 2.16. The van der Waals surface area contributed by atoms with Gasteiger partial charge in [0.25, 0.3) is 0 Å². The third kappa shape index (κ3) is 2.18. The molecule has 0 saturated heterocycles. The number of phenols is 1. The summed E-state index contributed by atoms with van der Waals surface area (Å²) in [5.74, 6) is -1.35. The molecule has 14 heavy (non-hydrogen) atoms. The van der Waals surface area contributed by atoms with E-state index in [-0.39, 0.29) is 11.3 Å². The summed E-state index contributed by atoms with van der Waals surface area (Å²) in [5.41, 5.74) is 0.174. The predicted molar refractivity (Wildman–Crippen MR) is 52.5 cm³/mol. The molecule has 1 aromatic carbocycles. The second-order valence-corrected chi connectivity index (χ2v) is 3.52. The number of rotatable bonds is 3. The highest BCUT2D eigenvalue weighted by atomic mass is 32.2. The van der Waals surface area contributed by atoms with E-state index < -0.39 is 12.1 Å². The van der Waals surface area contributed by atoms with Crippen molar-refractivity contribution in [3.8, 4) is 5.75 Å². The lowest BCUT2D eigenvalue weighted by molar-refractivity contribution is -0.146. The maximum atomic E-state index is 10.4. The van der Waals surface area contributed by atoms with Gasteiger partial charge in [0.15, 0.2) is 6.10 Å². The molecule has 0 fully saturated rings. The molecular formula is C9H10O4S. The van der Waals surface area contributed by atoms with Crippen LogP contribution in [0.3, 0.4) is 0 Å². The molecule has 0 saturated carbocycles. The molecule has 5 heteroatoms. The van der Waals surface area contributed by atoms with Crippen LogP contribution in [-0.4, -0.2) is 27.5 Å². The number of carboxylic acids is 1. The van der Waals surface area contributed by atoms with E-state index in [4.69, 9.17) is 10.2 Å². The van der Waals surface area contributed by atoms with Crippen LogP contribution < -0.4 is 0 Å². The van der Waals surface area contributed by atoms with Gasteiger partial charge in [0.05, 0.1) is 0 Å². The number of benzene rings is 1. The Balaban J connectivity index is 3.02. The number of aliphatic carboxylic acids is 1. The minimum absolute atomic E-state index is 0.0182. The van der Waals surface area contributed by atoms with Gasteiger partial charge in [-0.05, 0) is 24.0 Å². The van der Waals surface area contributed by atoms with Gasteiger partial charge >= 0.3 is 5.97 Å². The molecule has 0 aliphatic rings. The van der Waals surface area contributed by atoms with E-state index in [0.717, 1.165) is 0 Å². The number of aliphatic hydroxyl groups is 1. The Morgan fingerprint density at radius 2 is 2.14 bits per heavy atom. The maximum absolute atomic E-state index is 10.4. The predicted octanol–water partition coefficient (Wildman–Crippen LogP) is 1.23. The molecule has 0 aliphatic carbocycles. The summed E-state index contributed by atoms with van der Waals surface area (Å²) >= 11 is 1.35. The van der Waals surface area contributed by atoms with Crippen LogP contribution in [0, 0.1) is 0 Å². The van der Waals surface area contributed by atoms with Crippen LogP contribution in [0.25, 0.3) is 0 Å². The largest absolute Gasteiger partial charge is 0.507 e. The van der Waals surface area contributed by atoms with Gasteiger partial charge in [-0.2, -0.15) is 0 Å². The fourth-order valence-corrected chi connectivity index (χ4v) is 1.49. The van der Waals surface area contributed by atoms with Crippen molar-refractivity contribution < 1.29 is 20.1 Å². The fraction of sp³-hybridized carbons (Fsp3) is 0.222. The fourth-order valence-electron chi connectivity index (χ4n) is 1.02. The van der Waals surface area contributed by atoms with Gasteiger partial charge in [-0.1, -0.05) is 6.07 Å². The van der Waals surface area contributed by atoms with Crippen molar-refractivity contribution in [1.29, 1.82) is 0 Å². The SMILES string of the molecule is CSc1ccc(C(O)C(=O)O)cc1O. The third-order valence-electron chi connectivity index (χ3n) is 1.75. The number of thioether (sulfide) groups is 1. The van der Waals surface area contributed by atoms with Crippen molar-refractivity contribution in [3.05, 3.63) is 23.8 Å². The van der Waals surface area contributed by atoms with Crippen LogP contribution in [0.15, 0.2) is 23.1 Å². The van der Waals surface area contributed by atoms with E-state index in [1.807, 2.05) is 0 Å². The Kier molecular flexibility index (Phi) is 3.38. The number of aliphatic hydroxyl groups excluding tert-OH is 1. The van der Waals surface area contributed by atoms with Gasteiger partial charge in [0, 0.05) is 4.90 Å². The van der Waals surface area contributed by atoms with E-state index in [0.29, 0.717) is 4.90 Å². The molecule has 0 aromatic heterocycles. The molecule has 1 atom stereocenters. The molecule has 0 radical (unpaired) electrons. The van der Waals surface area contributed by atoms with E-state index in [2.05, 4.69) is 0 Å². The smallest absolute Gasteiger partial charge is 0.337 e. The Morgan fingerprint density at radius 3 is 2.57 bits per heavy atom. The zero-order valence-corrected chi connectivity index (χ0v) is 8.28. The molecule has 0 aliphatic heterocycles. The van der Waals surface area contributed by atoms with Gasteiger partial charge in [-0.3, -0.25) is 0 Å². The summed E-state index contributed by atoms with van der Waals surface area (Å²) < 4.78 is 0. The Morgan fingerprint density at radius 1 is 1.50 bits per heavy atom. The van der Waals surface area contributed by atoms with Crippen molar-refractivity contribution >= 4 is 17.7 Å². The van der Waals surface area contributed by atoms with Crippen LogP contribution >= 0.6 is 11.8 Å². The molecule has 4 nitrogen and oxygen atoms in total. The average Bonchev–Trinajstić information content (AvgIpc) is 2.16. The van der Waals surface area contributed by atoms with Crippen molar-refractivity contribution in [2.24, 2.45) is 0 Å². The molecule has 76 valence electrons. The monoisotopic (exact) mass is 214 g/mol. The lowest BCUT2D eigenvalue weighted by Crippen LogP contribution is -2.10. The molecule has 1 rings (SSSR count). The van der Waals surface area contributed by atoms with Crippen molar-refractivity contribution in [2.75, 3.05) is 6.26 Å². The normalized spacial score (nSPS) is 12.4. The van der Waals surface area contributed by atoms with Gasteiger partial charge in [0.2, 0.25) is 0 Å². The molecule has 1 unspecified atom stereocenters. The first kappa shape index (κ1) is 10.9. The zero-order valence-electron chi connectivity index (χ0n) is 7.47. The van der Waals surface area contributed by atoms with Crippen molar-refractivity contribution in [1.82, 2.24) is 0 Å². The lowest BCUT2D eigenvalue weighted by Gasteiger charge is -2.07. The van der Waals surface area contributed by atoms with Crippen LogP contribution in [-0.2, 0) is 4.79 Å². The summed E-state index contributed by atoms with van der Waals surface area (Å²) in [4.78, 5) is 11.1. The summed E-state index contributed by atoms with van der Waals surface area (Å²) in [7, 11) is 0. The first-order chi connectivity index (χ1) is 6.56. The third-order valence-corrected chi connectivity index (χ3v) is 2.54. The minimum atomic E-state index is -1.59. The first-order valence-corrected chi connectivity index (χ1v) is 5.06. The summed E-state index contributed by atoms with van der Waals surface area (Å²) in [6.07, 6.45) is 0.208. The molecule has 0 amide bonds. The average molecular weight is 214 g/mol. The minimum Gasteiger partial charge on any atom is -0.507 e. The Hall–Kier alpha value is -1.20. The van der Waals surface area contributed by atoms with Gasteiger partial charge < -0.3 is 15.3 Å². The molecule has 1 aromatic rings. The molecule has 0 spiro atoms. The van der Waals surface area contributed by atoms with Gasteiger partial charge in [0.1, 0.15) is 5.75 Å². The van der Waals surface area contributed by atoms with Crippen molar-refractivity contribution in [3.63, 3.8) is 0 Å². The van der Waals surface area contributed by atoms with Crippen LogP contribution in [0.2, 0.25) is 0 Å². The maximum Gasteiger partial charge on any atom is 0.337 e. The lowest BCUT2D eigenvalue weighted by atomic mass is 10.1. The number of carboxylic acid groups (broad SMARTS) is 1. The quantitative estimate of drug-likeness (QED) is 0.660. The summed E-state index contributed by atoms with van der Waals surface area (Å²) in [6, 6.07) is 4.30. The summed E-state index contributed by atoms with van der Waals surface area (Å²) in [5, 5.41) is 27.1.